The number of benzene rings is 3. The number of aromatic amines is 1. The normalized spacial score (nSPS) is 18.6. The number of hydrogen-bond donors (Lipinski definition) is 2. The number of nitrogens with zero attached hydrogens (tertiary/aromatic N) is 3. The summed E-state index contributed by atoms with van der Waals surface area (Å²) in [6.07, 6.45) is 3.82. The molecule has 3 atom stereocenters. The van der Waals surface area contributed by atoms with E-state index >= 15 is 4.39 Å². The zero-order valence-electron chi connectivity index (χ0n) is 28.0. The Morgan fingerprint density at radius 3 is 2.78 bits per heavy atom. The first-order valence-corrected chi connectivity index (χ1v) is 17.3. The highest BCUT2D eigenvalue weighted by atomic mass is 35.5. The van der Waals surface area contributed by atoms with Crippen molar-refractivity contribution in [2.45, 2.75) is 57.8 Å². The summed E-state index contributed by atoms with van der Waals surface area (Å²) in [4.78, 5) is 35.4. The minimum atomic E-state index is -0.745. The number of nitrogens with one attached hydrogen (secondary N) is 2. The van der Waals surface area contributed by atoms with Crippen molar-refractivity contribution in [3.8, 4) is 34.0 Å². The third-order valence-electron chi connectivity index (χ3n) is 9.96. The number of carbonyl (C=O) groups is 2. The Hall–Kier alpha value is -5.03. The maximum absolute atomic E-state index is 16.4. The summed E-state index contributed by atoms with van der Waals surface area (Å²) in [5.41, 5.74) is 5.10. The number of hydrogen-bond acceptors (Lipinski definition) is 6. The largest absolute Gasteiger partial charge is 0.493 e. The molecule has 3 aliphatic rings. The fourth-order valence-electron chi connectivity index (χ4n) is 7.48. The van der Waals surface area contributed by atoms with Crippen molar-refractivity contribution in [3.05, 3.63) is 88.6 Å². The number of H-pyrrole nitrogens is 1. The van der Waals surface area contributed by atoms with Gasteiger partial charge in [0.25, 0.3) is 0 Å². The molecule has 5 heterocycles. The summed E-state index contributed by atoms with van der Waals surface area (Å²) in [7, 11) is 1.27. The Balaban J connectivity index is 1.15. The molecule has 0 spiro atoms. The lowest BCUT2D eigenvalue weighted by molar-refractivity contribution is -0.135. The van der Waals surface area contributed by atoms with Crippen molar-refractivity contribution in [1.29, 1.82) is 0 Å². The van der Waals surface area contributed by atoms with Gasteiger partial charge in [0.15, 0.2) is 0 Å². The molecule has 1 unspecified atom stereocenters. The van der Waals surface area contributed by atoms with Crippen LogP contribution < -0.4 is 14.8 Å². The highest BCUT2D eigenvalue weighted by molar-refractivity contribution is 6.31. The number of carbonyl (C=O) groups excluding carboxylic acids is 2. The van der Waals surface area contributed by atoms with E-state index in [1.54, 1.807) is 11.1 Å². The first-order valence-electron chi connectivity index (χ1n) is 17.0. The molecule has 2 N–H and O–H groups in total. The molecule has 3 aliphatic heterocycles. The molecule has 1 saturated heterocycles. The highest BCUT2D eigenvalue weighted by Crippen LogP contribution is 2.48. The van der Waals surface area contributed by atoms with Crippen LogP contribution in [0.15, 0.2) is 60.8 Å². The summed E-state index contributed by atoms with van der Waals surface area (Å²) < 4.78 is 35.9. The second-order valence-corrected chi connectivity index (χ2v) is 13.9. The Bertz CT molecular complexity index is 2140. The third-order valence-corrected chi connectivity index (χ3v) is 10.2. The summed E-state index contributed by atoms with van der Waals surface area (Å²) in [5, 5.41) is 4.14. The lowest BCUT2D eigenvalue weighted by Crippen LogP contribution is -2.51. The van der Waals surface area contributed by atoms with Gasteiger partial charge in [0.05, 0.1) is 48.4 Å². The van der Waals surface area contributed by atoms with Crippen LogP contribution in [0.2, 0.25) is 5.02 Å². The van der Waals surface area contributed by atoms with E-state index in [0.717, 1.165) is 47.0 Å². The second kappa shape index (κ2) is 12.7. The quantitative estimate of drug-likeness (QED) is 0.187. The SMILES string of the molecule is COC(=O)N[C@H](C(=O)N1CCC[C@H]1c1ncc(-c2cc(F)c3c(c2)OC(c2ccc4c(c2)OCCC4)n2c-3cc3cc(Cl)ccc32)[nH]1)C(C)C. The van der Waals surface area contributed by atoms with Crippen LogP contribution in [0, 0.1) is 11.7 Å². The molecule has 2 amide bonds. The zero-order valence-corrected chi connectivity index (χ0v) is 28.7. The van der Waals surface area contributed by atoms with Gasteiger partial charge >= 0.3 is 6.09 Å². The van der Waals surface area contributed by atoms with Crippen molar-refractivity contribution in [3.63, 3.8) is 0 Å². The van der Waals surface area contributed by atoms with Gasteiger partial charge in [-0.15, -0.1) is 0 Å². The monoisotopic (exact) mass is 697 g/mol. The van der Waals surface area contributed by atoms with E-state index in [-0.39, 0.29) is 17.9 Å². The van der Waals surface area contributed by atoms with E-state index in [1.807, 2.05) is 54.8 Å². The summed E-state index contributed by atoms with van der Waals surface area (Å²) in [6.45, 7) is 4.94. The second-order valence-electron chi connectivity index (χ2n) is 13.5. The predicted molar refractivity (Wildman–Crippen MR) is 187 cm³/mol. The van der Waals surface area contributed by atoms with Crippen molar-refractivity contribution < 1.29 is 28.2 Å². The lowest BCUT2D eigenvalue weighted by Gasteiger charge is -2.31. The molecule has 0 bridgehead atoms. The van der Waals surface area contributed by atoms with E-state index < -0.39 is 24.2 Å². The Kier molecular flexibility index (Phi) is 8.17. The molecule has 12 heteroatoms. The lowest BCUT2D eigenvalue weighted by atomic mass is 10.0. The molecule has 8 rings (SSSR count). The Morgan fingerprint density at radius 2 is 1.96 bits per heavy atom. The summed E-state index contributed by atoms with van der Waals surface area (Å²) >= 11 is 6.38. The third kappa shape index (κ3) is 5.53. The molecule has 3 aromatic carbocycles. The van der Waals surface area contributed by atoms with Gasteiger partial charge in [0.1, 0.15) is 29.2 Å². The molecule has 2 aromatic heterocycles. The van der Waals surface area contributed by atoms with Crippen molar-refractivity contribution in [2.75, 3.05) is 20.3 Å². The molecular formula is C38H37ClFN5O5. The number of aryl methyl sites for hydroxylation is 1. The van der Waals surface area contributed by atoms with Crippen LogP contribution in [0.5, 0.6) is 11.5 Å². The molecule has 0 radical (unpaired) electrons. The molecule has 50 heavy (non-hydrogen) atoms. The van der Waals surface area contributed by atoms with E-state index in [4.69, 9.17) is 25.8 Å². The van der Waals surface area contributed by atoms with Gasteiger partial charge in [0.2, 0.25) is 12.1 Å². The van der Waals surface area contributed by atoms with Gasteiger partial charge in [-0.2, -0.15) is 0 Å². The summed E-state index contributed by atoms with van der Waals surface area (Å²) in [5.74, 6) is 1.04. The average molecular weight is 698 g/mol. The van der Waals surface area contributed by atoms with Crippen LogP contribution >= 0.6 is 11.6 Å². The number of alkyl carbamates (subject to hydrolysis) is 1. The average Bonchev–Trinajstić information content (AvgIpc) is 3.88. The number of amides is 2. The first-order chi connectivity index (χ1) is 24.2. The molecule has 1 fully saturated rings. The van der Waals surface area contributed by atoms with Crippen molar-refractivity contribution >= 4 is 34.5 Å². The predicted octanol–water partition coefficient (Wildman–Crippen LogP) is 7.80. The number of aromatic nitrogens is 3. The fraction of sp³-hybridized carbons (Fsp3) is 0.342. The molecular weight excluding hydrogens is 661 g/mol. The number of ether oxygens (including phenoxy) is 3. The smallest absolute Gasteiger partial charge is 0.407 e. The van der Waals surface area contributed by atoms with Gasteiger partial charge in [0, 0.05) is 28.1 Å². The maximum Gasteiger partial charge on any atom is 0.407 e. The maximum atomic E-state index is 16.4. The first kappa shape index (κ1) is 32.2. The van der Waals surface area contributed by atoms with E-state index in [1.165, 1.54) is 13.2 Å². The number of imidazole rings is 1. The number of methoxy groups -OCH3 is 1. The van der Waals surface area contributed by atoms with Crippen LogP contribution in [0.1, 0.15) is 62.3 Å². The summed E-state index contributed by atoms with van der Waals surface area (Å²) in [6, 6.07) is 16.0. The number of rotatable bonds is 6. The van der Waals surface area contributed by atoms with Crippen molar-refractivity contribution in [2.24, 2.45) is 5.92 Å². The van der Waals surface area contributed by atoms with Crippen molar-refractivity contribution in [1.82, 2.24) is 24.8 Å². The Morgan fingerprint density at radius 1 is 1.10 bits per heavy atom. The van der Waals surface area contributed by atoms with Crippen LogP contribution in [-0.4, -0.2) is 57.7 Å². The van der Waals surface area contributed by atoms with Gasteiger partial charge < -0.3 is 34.0 Å². The topological polar surface area (TPSA) is 111 Å². The highest BCUT2D eigenvalue weighted by Gasteiger charge is 2.38. The molecule has 10 nitrogen and oxygen atoms in total. The molecule has 0 aliphatic carbocycles. The molecule has 0 saturated carbocycles. The van der Waals surface area contributed by atoms with Gasteiger partial charge in [-0.05, 0) is 79.6 Å². The minimum absolute atomic E-state index is 0.151. The van der Waals surface area contributed by atoms with Gasteiger partial charge in [-0.3, -0.25) is 4.79 Å². The van der Waals surface area contributed by atoms with E-state index in [0.29, 0.717) is 58.7 Å². The standard InChI is InChI=1S/C38H37ClFN5O5/c1-20(2)34(43-38(47)48-3)36(46)44-12-4-7-29(44)35-41-19-27(42-35)23-15-26(40)33-30-16-24-14-25(39)10-11-28(24)45(30)37(50-32(33)18-23)22-9-8-21-6-5-13-49-31(21)17-22/h8-11,14-20,29,34,37H,4-7,12-13H2,1-3H3,(H,41,42)(H,43,47)/t29-,34-,37?/m0/s1. The Labute approximate surface area is 293 Å². The van der Waals surface area contributed by atoms with E-state index in [2.05, 4.69) is 27.4 Å². The minimum Gasteiger partial charge on any atom is -0.493 e. The number of likely N-dealkylation sites (tertiary alicyclic amines) is 1. The van der Waals surface area contributed by atoms with E-state index in [9.17, 15) is 9.59 Å². The van der Waals surface area contributed by atoms with Gasteiger partial charge in [-0.1, -0.05) is 37.6 Å². The van der Waals surface area contributed by atoms with Crippen LogP contribution in [0.3, 0.4) is 0 Å². The van der Waals surface area contributed by atoms with Crippen LogP contribution in [0.4, 0.5) is 9.18 Å². The number of fused-ring (bicyclic) bond motifs is 6. The van der Waals surface area contributed by atoms with Crippen LogP contribution in [-0.2, 0) is 16.0 Å². The van der Waals surface area contributed by atoms with Crippen LogP contribution in [0.25, 0.3) is 33.4 Å². The fourth-order valence-corrected chi connectivity index (χ4v) is 7.66. The molecule has 258 valence electrons. The number of halogens is 2. The van der Waals surface area contributed by atoms with Gasteiger partial charge in [-0.25, -0.2) is 14.2 Å². The zero-order chi connectivity index (χ0) is 34.7. The molecule has 5 aromatic rings.